The van der Waals surface area contributed by atoms with Gasteiger partial charge in [-0.15, -0.1) is 0 Å². The summed E-state index contributed by atoms with van der Waals surface area (Å²) in [5, 5.41) is 13.6. The third-order valence-corrected chi connectivity index (χ3v) is 2.92. The summed E-state index contributed by atoms with van der Waals surface area (Å²) in [6.45, 7) is 3.03. The third kappa shape index (κ3) is 3.39. The number of aromatic nitrogens is 1. The van der Waals surface area contributed by atoms with E-state index in [0.29, 0.717) is 13.1 Å². The molecule has 3 nitrogen and oxygen atoms in total. The van der Waals surface area contributed by atoms with Gasteiger partial charge in [-0.25, -0.2) is 0 Å². The molecule has 1 aromatic heterocycles. The van der Waals surface area contributed by atoms with E-state index in [1.165, 1.54) is 0 Å². The highest BCUT2D eigenvalue weighted by Gasteiger charge is 2.21. The number of pyridine rings is 1. The van der Waals surface area contributed by atoms with Gasteiger partial charge in [-0.3, -0.25) is 4.98 Å². The van der Waals surface area contributed by atoms with Crippen molar-refractivity contribution in [3.05, 3.63) is 66.0 Å². The second-order valence-electron chi connectivity index (χ2n) is 4.60. The van der Waals surface area contributed by atoms with Gasteiger partial charge in [0.1, 0.15) is 0 Å². The van der Waals surface area contributed by atoms with Crippen molar-refractivity contribution in [2.45, 2.75) is 19.1 Å². The first-order valence-electron chi connectivity index (χ1n) is 6.06. The molecular formula is C15H18N2O. The summed E-state index contributed by atoms with van der Waals surface area (Å²) in [5.74, 6) is 0. The van der Waals surface area contributed by atoms with Gasteiger partial charge in [0.2, 0.25) is 0 Å². The van der Waals surface area contributed by atoms with E-state index in [1.807, 2.05) is 55.6 Å². The first kappa shape index (κ1) is 12.7. The van der Waals surface area contributed by atoms with Crippen LogP contribution in [0.15, 0.2) is 54.9 Å². The first-order chi connectivity index (χ1) is 8.68. The molecular weight excluding hydrogens is 224 g/mol. The van der Waals surface area contributed by atoms with Gasteiger partial charge in [0.25, 0.3) is 0 Å². The fourth-order valence-electron chi connectivity index (χ4n) is 1.85. The minimum Gasteiger partial charge on any atom is -0.384 e. The van der Waals surface area contributed by atoms with Crippen LogP contribution in [0.1, 0.15) is 18.1 Å². The van der Waals surface area contributed by atoms with Crippen LogP contribution in [0.3, 0.4) is 0 Å². The predicted octanol–water partition coefficient (Wildman–Crippen LogP) is 2.08. The zero-order valence-electron chi connectivity index (χ0n) is 10.5. The Morgan fingerprint density at radius 1 is 1.17 bits per heavy atom. The lowest BCUT2D eigenvalue weighted by Gasteiger charge is -2.24. The maximum absolute atomic E-state index is 10.4. The Labute approximate surface area is 108 Å². The van der Waals surface area contributed by atoms with Crippen molar-refractivity contribution in [1.29, 1.82) is 0 Å². The van der Waals surface area contributed by atoms with Gasteiger partial charge in [-0.1, -0.05) is 36.4 Å². The van der Waals surface area contributed by atoms with Crippen molar-refractivity contribution in [1.82, 2.24) is 10.3 Å². The SMILES string of the molecule is C[C@@](O)(CNCc1cccnc1)c1ccccc1. The Morgan fingerprint density at radius 2 is 1.94 bits per heavy atom. The molecule has 1 aromatic carbocycles. The van der Waals surface area contributed by atoms with E-state index >= 15 is 0 Å². The largest absolute Gasteiger partial charge is 0.384 e. The molecule has 94 valence electrons. The van der Waals surface area contributed by atoms with Crippen molar-refractivity contribution in [3.8, 4) is 0 Å². The molecule has 0 saturated heterocycles. The van der Waals surface area contributed by atoms with Crippen LogP contribution in [-0.2, 0) is 12.1 Å². The van der Waals surface area contributed by atoms with E-state index in [1.54, 1.807) is 6.20 Å². The molecule has 0 fully saturated rings. The van der Waals surface area contributed by atoms with E-state index in [2.05, 4.69) is 10.3 Å². The molecule has 2 aromatic rings. The highest BCUT2D eigenvalue weighted by Crippen LogP contribution is 2.18. The molecule has 1 heterocycles. The van der Waals surface area contributed by atoms with E-state index in [-0.39, 0.29) is 0 Å². The lowest BCUT2D eigenvalue weighted by Crippen LogP contribution is -2.35. The Balaban J connectivity index is 1.90. The van der Waals surface area contributed by atoms with Crippen molar-refractivity contribution in [2.75, 3.05) is 6.54 Å². The van der Waals surface area contributed by atoms with Gasteiger partial charge in [0.15, 0.2) is 0 Å². The Bertz CT molecular complexity index is 468. The van der Waals surface area contributed by atoms with Gasteiger partial charge < -0.3 is 10.4 Å². The normalized spacial score (nSPS) is 14.1. The van der Waals surface area contributed by atoms with Crippen molar-refractivity contribution in [2.24, 2.45) is 0 Å². The third-order valence-electron chi connectivity index (χ3n) is 2.92. The number of nitrogens with zero attached hydrogens (tertiary/aromatic N) is 1. The van der Waals surface area contributed by atoms with Gasteiger partial charge >= 0.3 is 0 Å². The van der Waals surface area contributed by atoms with Gasteiger partial charge in [-0.05, 0) is 24.1 Å². The van der Waals surface area contributed by atoms with Gasteiger partial charge in [0, 0.05) is 25.5 Å². The van der Waals surface area contributed by atoms with Gasteiger partial charge in [-0.2, -0.15) is 0 Å². The number of aliphatic hydroxyl groups is 1. The fourth-order valence-corrected chi connectivity index (χ4v) is 1.85. The maximum Gasteiger partial charge on any atom is 0.0992 e. The summed E-state index contributed by atoms with van der Waals surface area (Å²) in [5.41, 5.74) is 1.17. The smallest absolute Gasteiger partial charge is 0.0992 e. The highest BCUT2D eigenvalue weighted by atomic mass is 16.3. The molecule has 2 N–H and O–H groups in total. The predicted molar refractivity (Wildman–Crippen MR) is 72.0 cm³/mol. The van der Waals surface area contributed by atoms with E-state index in [9.17, 15) is 5.11 Å². The molecule has 0 unspecified atom stereocenters. The van der Waals surface area contributed by atoms with Crippen LogP contribution in [-0.4, -0.2) is 16.6 Å². The fraction of sp³-hybridized carbons (Fsp3) is 0.267. The number of hydrogen-bond acceptors (Lipinski definition) is 3. The molecule has 2 rings (SSSR count). The Hall–Kier alpha value is -1.71. The zero-order chi connectivity index (χ0) is 12.8. The number of benzene rings is 1. The standard InChI is InChI=1S/C15H18N2O/c1-15(18,14-7-3-2-4-8-14)12-17-11-13-6-5-9-16-10-13/h2-10,17-18H,11-12H2,1H3/t15-/m1/s1. The zero-order valence-corrected chi connectivity index (χ0v) is 10.5. The van der Waals surface area contributed by atoms with E-state index in [0.717, 1.165) is 11.1 Å². The summed E-state index contributed by atoms with van der Waals surface area (Å²) < 4.78 is 0. The number of rotatable bonds is 5. The molecule has 1 atom stereocenters. The van der Waals surface area contributed by atoms with Crippen LogP contribution in [0.2, 0.25) is 0 Å². The quantitative estimate of drug-likeness (QED) is 0.843. The lowest BCUT2D eigenvalue weighted by atomic mass is 9.96. The molecule has 0 aliphatic carbocycles. The molecule has 0 aliphatic rings. The minimum absolute atomic E-state index is 0.506. The molecule has 0 spiro atoms. The minimum atomic E-state index is -0.858. The summed E-state index contributed by atoms with van der Waals surface area (Å²) in [6, 6.07) is 13.6. The van der Waals surface area contributed by atoms with Crippen molar-refractivity contribution < 1.29 is 5.11 Å². The van der Waals surface area contributed by atoms with Gasteiger partial charge in [0.05, 0.1) is 5.60 Å². The molecule has 3 heteroatoms. The summed E-state index contributed by atoms with van der Waals surface area (Å²) in [6.07, 6.45) is 3.58. The molecule has 18 heavy (non-hydrogen) atoms. The number of hydrogen-bond donors (Lipinski definition) is 2. The highest BCUT2D eigenvalue weighted by molar-refractivity contribution is 5.21. The Kier molecular flexibility index (Phi) is 4.07. The average molecular weight is 242 g/mol. The monoisotopic (exact) mass is 242 g/mol. The summed E-state index contributed by atoms with van der Waals surface area (Å²) in [4.78, 5) is 4.06. The van der Waals surface area contributed by atoms with Crippen LogP contribution in [0.4, 0.5) is 0 Å². The van der Waals surface area contributed by atoms with Crippen molar-refractivity contribution >= 4 is 0 Å². The summed E-state index contributed by atoms with van der Waals surface area (Å²) in [7, 11) is 0. The maximum atomic E-state index is 10.4. The Morgan fingerprint density at radius 3 is 2.61 bits per heavy atom. The van der Waals surface area contributed by atoms with Crippen LogP contribution in [0, 0.1) is 0 Å². The first-order valence-corrected chi connectivity index (χ1v) is 6.06. The van der Waals surface area contributed by atoms with E-state index in [4.69, 9.17) is 0 Å². The van der Waals surface area contributed by atoms with Crippen LogP contribution >= 0.6 is 0 Å². The lowest BCUT2D eigenvalue weighted by molar-refractivity contribution is 0.0566. The second kappa shape index (κ2) is 5.76. The molecule has 0 aliphatic heterocycles. The molecule has 0 bridgehead atoms. The molecule has 0 amide bonds. The summed E-state index contributed by atoms with van der Waals surface area (Å²) >= 11 is 0. The number of nitrogens with one attached hydrogen (secondary N) is 1. The topological polar surface area (TPSA) is 45.1 Å². The molecule has 0 saturated carbocycles. The molecule has 0 radical (unpaired) electrons. The second-order valence-corrected chi connectivity index (χ2v) is 4.60. The van der Waals surface area contributed by atoms with E-state index < -0.39 is 5.60 Å². The average Bonchev–Trinajstić information content (AvgIpc) is 2.41. The van der Waals surface area contributed by atoms with Crippen LogP contribution in [0.25, 0.3) is 0 Å². The van der Waals surface area contributed by atoms with Crippen LogP contribution in [0.5, 0.6) is 0 Å². The van der Waals surface area contributed by atoms with Crippen LogP contribution < -0.4 is 5.32 Å². The van der Waals surface area contributed by atoms with Crippen molar-refractivity contribution in [3.63, 3.8) is 0 Å².